The molecule has 0 unspecified atom stereocenters. The quantitative estimate of drug-likeness (QED) is 0.850. The molecule has 2 rings (SSSR count). The van der Waals surface area contributed by atoms with Crippen LogP contribution in [0.3, 0.4) is 0 Å². The second-order valence-electron chi connectivity index (χ2n) is 3.67. The highest BCUT2D eigenvalue weighted by Crippen LogP contribution is 2.34. The van der Waals surface area contributed by atoms with Crippen molar-refractivity contribution in [1.82, 2.24) is 0 Å². The second-order valence-corrected chi connectivity index (χ2v) is 4.08. The van der Waals surface area contributed by atoms with E-state index in [0.717, 1.165) is 12.1 Å². The fraction of sp³-hybridized carbons (Fsp3) is 0. The number of rotatable bonds is 2. The summed E-state index contributed by atoms with van der Waals surface area (Å²) in [7, 11) is 0. The average molecular weight is 281 g/mol. The van der Waals surface area contributed by atoms with Crippen LogP contribution in [-0.4, -0.2) is 0 Å². The van der Waals surface area contributed by atoms with Crippen LogP contribution in [0.2, 0.25) is 5.02 Å². The Kier molecular flexibility index (Phi) is 3.54. The Morgan fingerprint density at radius 3 is 2.37 bits per heavy atom. The molecule has 0 spiro atoms. The first kappa shape index (κ1) is 13.1. The van der Waals surface area contributed by atoms with Gasteiger partial charge in [-0.25, -0.2) is 8.78 Å². The summed E-state index contributed by atoms with van der Waals surface area (Å²) in [5.41, 5.74) is 5.74. The highest BCUT2D eigenvalue weighted by atomic mass is 35.5. The molecule has 0 fully saturated rings. The average Bonchev–Trinajstić information content (AvgIpc) is 2.37. The van der Waals surface area contributed by atoms with E-state index in [1.807, 2.05) is 0 Å². The molecule has 2 aromatic rings. The van der Waals surface area contributed by atoms with Gasteiger partial charge in [-0.2, -0.15) is 5.26 Å². The van der Waals surface area contributed by atoms with E-state index in [1.54, 1.807) is 6.07 Å². The fourth-order valence-electron chi connectivity index (χ4n) is 1.43. The molecule has 2 N–H and O–H groups in total. The van der Waals surface area contributed by atoms with Crippen LogP contribution in [0.25, 0.3) is 0 Å². The lowest BCUT2D eigenvalue weighted by atomic mass is 10.2. The molecule has 0 saturated carbocycles. The minimum absolute atomic E-state index is 0.0316. The normalized spacial score (nSPS) is 10.0. The van der Waals surface area contributed by atoms with Gasteiger partial charge < -0.3 is 10.5 Å². The van der Waals surface area contributed by atoms with Crippen LogP contribution in [0.1, 0.15) is 5.56 Å². The number of hydrogen-bond acceptors (Lipinski definition) is 3. The molecular weight excluding hydrogens is 274 g/mol. The highest BCUT2D eigenvalue weighted by Gasteiger charge is 2.15. The molecule has 19 heavy (non-hydrogen) atoms. The highest BCUT2D eigenvalue weighted by molar-refractivity contribution is 6.32. The zero-order valence-electron chi connectivity index (χ0n) is 9.45. The van der Waals surface area contributed by atoms with E-state index in [2.05, 4.69) is 0 Å². The third-order valence-electron chi connectivity index (χ3n) is 2.29. The number of ether oxygens (including phenoxy) is 1. The molecule has 3 nitrogen and oxygen atoms in total. The van der Waals surface area contributed by atoms with E-state index < -0.39 is 17.4 Å². The Bertz CT molecular complexity index is 660. The van der Waals surface area contributed by atoms with E-state index >= 15 is 0 Å². The zero-order chi connectivity index (χ0) is 14.0. The van der Waals surface area contributed by atoms with Gasteiger partial charge in [0.05, 0.1) is 16.7 Å². The zero-order valence-corrected chi connectivity index (χ0v) is 10.2. The third-order valence-corrected chi connectivity index (χ3v) is 2.61. The number of halogens is 3. The molecule has 0 heterocycles. The van der Waals surface area contributed by atoms with Gasteiger partial charge in [0.1, 0.15) is 5.75 Å². The van der Waals surface area contributed by atoms with Crippen molar-refractivity contribution in [1.29, 1.82) is 5.26 Å². The fourth-order valence-corrected chi connectivity index (χ4v) is 1.59. The number of nitrogen functional groups attached to an aromatic ring is 1. The Hall–Kier alpha value is -2.32. The molecule has 0 aliphatic rings. The second kappa shape index (κ2) is 5.12. The minimum atomic E-state index is -0.991. The summed E-state index contributed by atoms with van der Waals surface area (Å²) in [4.78, 5) is 0. The first-order chi connectivity index (χ1) is 9.01. The first-order valence-corrected chi connectivity index (χ1v) is 5.51. The molecule has 0 atom stereocenters. The van der Waals surface area contributed by atoms with Gasteiger partial charge in [-0.15, -0.1) is 0 Å². The van der Waals surface area contributed by atoms with Crippen LogP contribution in [0.5, 0.6) is 11.5 Å². The summed E-state index contributed by atoms with van der Waals surface area (Å²) in [6.07, 6.45) is 0. The maximum Gasteiger partial charge on any atom is 0.198 e. The largest absolute Gasteiger partial charge is 0.450 e. The van der Waals surface area contributed by atoms with Gasteiger partial charge in [0, 0.05) is 11.8 Å². The lowest BCUT2D eigenvalue weighted by Gasteiger charge is -2.10. The Morgan fingerprint density at radius 2 is 1.79 bits per heavy atom. The molecule has 0 aromatic heterocycles. The van der Waals surface area contributed by atoms with Gasteiger partial charge in [0.2, 0.25) is 0 Å². The number of anilines is 1. The number of nitrogens with two attached hydrogens (primary N) is 1. The van der Waals surface area contributed by atoms with E-state index in [-0.39, 0.29) is 16.3 Å². The summed E-state index contributed by atoms with van der Waals surface area (Å²) >= 11 is 5.83. The molecule has 2 aromatic carbocycles. The standard InChI is InChI=1S/C13H7ClF2N2O/c14-9-2-1-8(18)5-12(9)19-13-10(15)3-7(6-17)4-11(13)16/h1-5H,18H2. The van der Waals surface area contributed by atoms with Crippen LogP contribution in [0.4, 0.5) is 14.5 Å². The topological polar surface area (TPSA) is 59.0 Å². The number of nitrogens with zero attached hydrogens (tertiary/aromatic N) is 1. The third kappa shape index (κ3) is 2.75. The Balaban J connectivity index is 2.44. The van der Waals surface area contributed by atoms with Crippen molar-refractivity contribution < 1.29 is 13.5 Å². The predicted molar refractivity (Wildman–Crippen MR) is 67.0 cm³/mol. The monoisotopic (exact) mass is 280 g/mol. The maximum absolute atomic E-state index is 13.6. The van der Waals surface area contributed by atoms with Crippen molar-refractivity contribution in [2.45, 2.75) is 0 Å². The van der Waals surface area contributed by atoms with Crippen molar-refractivity contribution in [2.24, 2.45) is 0 Å². The van der Waals surface area contributed by atoms with Crippen LogP contribution in [0.15, 0.2) is 30.3 Å². The smallest absolute Gasteiger partial charge is 0.198 e. The molecule has 0 bridgehead atoms. The lowest BCUT2D eigenvalue weighted by molar-refractivity contribution is 0.407. The van der Waals surface area contributed by atoms with Crippen LogP contribution >= 0.6 is 11.6 Å². The van der Waals surface area contributed by atoms with E-state index in [4.69, 9.17) is 27.3 Å². The predicted octanol–water partition coefficient (Wildman–Crippen LogP) is 3.86. The van der Waals surface area contributed by atoms with Gasteiger partial charge in [-0.3, -0.25) is 0 Å². The van der Waals surface area contributed by atoms with E-state index in [1.165, 1.54) is 18.2 Å². The number of benzene rings is 2. The van der Waals surface area contributed by atoms with Crippen molar-refractivity contribution in [3.63, 3.8) is 0 Å². The van der Waals surface area contributed by atoms with Crippen molar-refractivity contribution in [3.05, 3.63) is 52.6 Å². The first-order valence-electron chi connectivity index (χ1n) is 5.13. The van der Waals surface area contributed by atoms with Gasteiger partial charge in [-0.05, 0) is 24.3 Å². The lowest BCUT2D eigenvalue weighted by Crippen LogP contribution is -1.95. The minimum Gasteiger partial charge on any atom is -0.450 e. The van der Waals surface area contributed by atoms with Crippen LogP contribution in [0, 0.1) is 23.0 Å². The summed E-state index contributed by atoms with van der Waals surface area (Å²) < 4.78 is 32.3. The molecule has 0 aliphatic heterocycles. The maximum atomic E-state index is 13.6. The molecule has 6 heteroatoms. The van der Waals surface area contributed by atoms with Gasteiger partial charge in [0.15, 0.2) is 17.4 Å². The summed E-state index contributed by atoms with van der Waals surface area (Å²) in [6.45, 7) is 0. The van der Waals surface area contributed by atoms with E-state index in [9.17, 15) is 8.78 Å². The summed E-state index contributed by atoms with van der Waals surface area (Å²) in [6, 6.07) is 7.71. The molecule has 0 radical (unpaired) electrons. The number of nitriles is 1. The molecule has 96 valence electrons. The summed E-state index contributed by atoms with van der Waals surface area (Å²) in [5.74, 6) is -2.58. The number of hydrogen-bond donors (Lipinski definition) is 1. The molecular formula is C13H7ClF2N2O. The Labute approximate surface area is 112 Å². The summed E-state index contributed by atoms with van der Waals surface area (Å²) in [5, 5.41) is 8.75. The van der Waals surface area contributed by atoms with Crippen molar-refractivity contribution in [2.75, 3.05) is 5.73 Å². The molecule has 0 saturated heterocycles. The Morgan fingerprint density at radius 1 is 1.16 bits per heavy atom. The van der Waals surface area contributed by atoms with Gasteiger partial charge in [0.25, 0.3) is 0 Å². The SMILES string of the molecule is N#Cc1cc(F)c(Oc2cc(N)ccc2Cl)c(F)c1. The van der Waals surface area contributed by atoms with Crippen molar-refractivity contribution >= 4 is 17.3 Å². The van der Waals surface area contributed by atoms with Crippen molar-refractivity contribution in [3.8, 4) is 17.6 Å². The van der Waals surface area contributed by atoms with Gasteiger partial charge >= 0.3 is 0 Å². The van der Waals surface area contributed by atoms with Gasteiger partial charge in [-0.1, -0.05) is 11.6 Å². The molecule has 0 amide bonds. The van der Waals surface area contributed by atoms with E-state index in [0.29, 0.717) is 5.69 Å². The van der Waals surface area contributed by atoms with Crippen LogP contribution < -0.4 is 10.5 Å². The molecule has 0 aliphatic carbocycles. The van der Waals surface area contributed by atoms with Crippen LogP contribution in [-0.2, 0) is 0 Å².